The van der Waals surface area contributed by atoms with E-state index in [1.165, 1.54) is 5.56 Å². The average Bonchev–Trinajstić information content (AvgIpc) is 3.00. The van der Waals surface area contributed by atoms with Gasteiger partial charge in [0, 0.05) is 22.9 Å². The van der Waals surface area contributed by atoms with Crippen molar-refractivity contribution in [2.75, 3.05) is 0 Å². The highest BCUT2D eigenvalue weighted by Gasteiger charge is 2.22. The smallest absolute Gasteiger partial charge is 0.213 e. The van der Waals surface area contributed by atoms with E-state index in [4.69, 9.17) is 4.42 Å². The Bertz CT molecular complexity index is 1190. The maximum absolute atomic E-state index is 9.64. The summed E-state index contributed by atoms with van der Waals surface area (Å²) in [5.74, 6) is 0.345. The van der Waals surface area contributed by atoms with Crippen LogP contribution in [0.5, 0.6) is 0 Å². The second-order valence-corrected chi connectivity index (χ2v) is 7.14. The lowest BCUT2D eigenvalue weighted by atomic mass is 9.94. The van der Waals surface area contributed by atoms with Crippen molar-refractivity contribution in [3.63, 3.8) is 0 Å². The monoisotopic (exact) mass is 341 g/mol. The zero-order chi connectivity index (χ0) is 18.4. The molecule has 0 aliphatic heterocycles. The number of furan rings is 1. The molecule has 0 spiro atoms. The summed E-state index contributed by atoms with van der Waals surface area (Å²) < 4.78 is 8.26. The standard InChI is InChI=1S/C23H21N2O/c1-14(2)16-11-17(13-24)23-18(12-16)22-20(26-23)9-8-15(3)21(22)19-7-5-6-10-25(19)4/h5-12,14H,1-4H3/q+1. The Kier molecular flexibility index (Phi) is 3.77. The minimum Gasteiger partial charge on any atom is -0.455 e. The van der Waals surface area contributed by atoms with Gasteiger partial charge >= 0.3 is 0 Å². The van der Waals surface area contributed by atoms with Crippen molar-refractivity contribution in [2.45, 2.75) is 26.7 Å². The second-order valence-electron chi connectivity index (χ2n) is 7.14. The highest BCUT2D eigenvalue weighted by atomic mass is 16.3. The summed E-state index contributed by atoms with van der Waals surface area (Å²) in [6, 6.07) is 16.7. The molecule has 0 radical (unpaired) electrons. The number of aromatic nitrogens is 1. The Morgan fingerprint density at radius 2 is 1.92 bits per heavy atom. The molecule has 3 nitrogen and oxygen atoms in total. The van der Waals surface area contributed by atoms with E-state index in [1.807, 2.05) is 18.2 Å². The number of hydrogen-bond acceptors (Lipinski definition) is 2. The zero-order valence-electron chi connectivity index (χ0n) is 15.5. The lowest BCUT2D eigenvalue weighted by molar-refractivity contribution is -0.660. The van der Waals surface area contributed by atoms with E-state index >= 15 is 0 Å². The fraction of sp³-hybridized carbons (Fsp3) is 0.217. The van der Waals surface area contributed by atoms with Gasteiger partial charge in [-0.25, -0.2) is 4.57 Å². The number of pyridine rings is 1. The third-order valence-electron chi connectivity index (χ3n) is 5.07. The number of fused-ring (bicyclic) bond motifs is 3. The molecule has 0 saturated carbocycles. The summed E-state index contributed by atoms with van der Waals surface area (Å²) in [6.07, 6.45) is 2.05. The van der Waals surface area contributed by atoms with E-state index < -0.39 is 0 Å². The van der Waals surface area contributed by atoms with Crippen LogP contribution >= 0.6 is 0 Å². The zero-order valence-corrected chi connectivity index (χ0v) is 15.5. The molecule has 0 fully saturated rings. The molecule has 26 heavy (non-hydrogen) atoms. The average molecular weight is 341 g/mol. The molecule has 4 aromatic rings. The number of nitriles is 1. The van der Waals surface area contributed by atoms with Gasteiger partial charge in [0.15, 0.2) is 11.8 Å². The van der Waals surface area contributed by atoms with Gasteiger partial charge in [0.25, 0.3) is 0 Å². The quantitative estimate of drug-likeness (QED) is 0.459. The summed E-state index contributed by atoms with van der Waals surface area (Å²) in [4.78, 5) is 0. The molecule has 0 aliphatic rings. The largest absolute Gasteiger partial charge is 0.455 e. The molecule has 0 bridgehead atoms. The highest BCUT2D eigenvalue weighted by molar-refractivity contribution is 6.13. The number of nitrogens with zero attached hydrogens (tertiary/aromatic N) is 2. The first kappa shape index (κ1) is 16.4. The minimum atomic E-state index is 0.345. The summed E-state index contributed by atoms with van der Waals surface area (Å²) in [6.45, 7) is 6.42. The third kappa shape index (κ3) is 2.38. The van der Waals surface area contributed by atoms with Crippen LogP contribution in [-0.4, -0.2) is 0 Å². The predicted molar refractivity (Wildman–Crippen MR) is 104 cm³/mol. The van der Waals surface area contributed by atoms with Crippen molar-refractivity contribution in [1.29, 1.82) is 5.26 Å². The van der Waals surface area contributed by atoms with Crippen LogP contribution in [0.15, 0.2) is 53.1 Å². The molecular weight excluding hydrogens is 320 g/mol. The first-order chi connectivity index (χ1) is 12.5. The van der Waals surface area contributed by atoms with Crippen LogP contribution in [0, 0.1) is 18.3 Å². The van der Waals surface area contributed by atoms with Crippen LogP contribution in [-0.2, 0) is 7.05 Å². The van der Waals surface area contributed by atoms with E-state index in [9.17, 15) is 5.26 Å². The molecule has 128 valence electrons. The van der Waals surface area contributed by atoms with E-state index in [1.54, 1.807) is 0 Å². The van der Waals surface area contributed by atoms with Gasteiger partial charge in [0.05, 0.1) is 11.1 Å². The maximum Gasteiger partial charge on any atom is 0.213 e. The van der Waals surface area contributed by atoms with Gasteiger partial charge in [-0.1, -0.05) is 19.9 Å². The van der Waals surface area contributed by atoms with Crippen molar-refractivity contribution < 1.29 is 8.98 Å². The molecule has 0 unspecified atom stereocenters. The molecule has 2 heterocycles. The Balaban J connectivity index is 2.22. The first-order valence-corrected chi connectivity index (χ1v) is 8.86. The Labute approximate surface area is 153 Å². The van der Waals surface area contributed by atoms with Crippen molar-refractivity contribution in [3.8, 4) is 17.3 Å². The Morgan fingerprint density at radius 3 is 2.62 bits per heavy atom. The Morgan fingerprint density at radius 1 is 1.12 bits per heavy atom. The number of hydrogen-bond donors (Lipinski definition) is 0. The lowest BCUT2D eigenvalue weighted by Gasteiger charge is -2.08. The molecule has 2 aromatic heterocycles. The molecular formula is C23H21N2O+. The third-order valence-corrected chi connectivity index (χ3v) is 5.07. The van der Waals surface area contributed by atoms with E-state index in [0.29, 0.717) is 17.1 Å². The van der Waals surface area contributed by atoms with Crippen LogP contribution in [0.25, 0.3) is 33.2 Å². The fourth-order valence-electron chi connectivity index (χ4n) is 3.63. The topological polar surface area (TPSA) is 40.8 Å². The molecule has 0 N–H and O–H groups in total. The second kappa shape index (κ2) is 6.00. The number of rotatable bonds is 2. The molecule has 4 rings (SSSR count). The number of aryl methyl sites for hydroxylation is 2. The highest BCUT2D eigenvalue weighted by Crippen LogP contribution is 2.39. The van der Waals surface area contributed by atoms with Crippen LogP contribution in [0.1, 0.15) is 36.5 Å². The molecule has 0 amide bonds. The summed E-state index contributed by atoms with van der Waals surface area (Å²) >= 11 is 0. The Hall–Kier alpha value is -3.12. The van der Waals surface area contributed by atoms with Gasteiger partial charge in [-0.2, -0.15) is 5.26 Å². The van der Waals surface area contributed by atoms with Gasteiger partial charge in [0.2, 0.25) is 5.69 Å². The minimum absolute atomic E-state index is 0.345. The van der Waals surface area contributed by atoms with Gasteiger partial charge in [-0.3, -0.25) is 0 Å². The maximum atomic E-state index is 9.64. The summed E-state index contributed by atoms with van der Waals surface area (Å²) in [7, 11) is 2.05. The molecule has 0 saturated heterocycles. The van der Waals surface area contributed by atoms with Gasteiger partial charge in [-0.15, -0.1) is 0 Å². The van der Waals surface area contributed by atoms with Crippen molar-refractivity contribution in [1.82, 2.24) is 0 Å². The summed E-state index contributed by atoms with van der Waals surface area (Å²) in [5, 5.41) is 11.7. The van der Waals surface area contributed by atoms with Crippen molar-refractivity contribution in [2.24, 2.45) is 7.05 Å². The van der Waals surface area contributed by atoms with E-state index in [-0.39, 0.29) is 0 Å². The number of benzene rings is 2. The van der Waals surface area contributed by atoms with Gasteiger partial charge in [-0.05, 0) is 48.2 Å². The summed E-state index contributed by atoms with van der Waals surface area (Å²) in [5.41, 5.74) is 6.74. The SMILES string of the molecule is Cc1ccc2oc3c(C#N)cc(C(C)C)cc3c2c1-c1cccc[n+]1C. The molecule has 0 aliphatic carbocycles. The van der Waals surface area contributed by atoms with E-state index in [0.717, 1.165) is 33.2 Å². The molecule has 2 aromatic carbocycles. The molecule has 3 heteroatoms. The fourth-order valence-corrected chi connectivity index (χ4v) is 3.63. The first-order valence-electron chi connectivity index (χ1n) is 8.86. The van der Waals surface area contributed by atoms with Crippen LogP contribution in [0.3, 0.4) is 0 Å². The normalized spacial score (nSPS) is 11.4. The van der Waals surface area contributed by atoms with Crippen LogP contribution in [0.2, 0.25) is 0 Å². The van der Waals surface area contributed by atoms with E-state index in [2.05, 4.69) is 68.9 Å². The lowest BCUT2D eigenvalue weighted by Crippen LogP contribution is -2.30. The molecule has 0 atom stereocenters. The van der Waals surface area contributed by atoms with Crippen molar-refractivity contribution >= 4 is 21.9 Å². The van der Waals surface area contributed by atoms with Crippen LogP contribution < -0.4 is 4.57 Å². The van der Waals surface area contributed by atoms with Crippen LogP contribution in [0.4, 0.5) is 0 Å². The van der Waals surface area contributed by atoms with Crippen molar-refractivity contribution in [3.05, 3.63) is 65.4 Å². The van der Waals surface area contributed by atoms with Gasteiger partial charge in [0.1, 0.15) is 18.7 Å². The predicted octanol–water partition coefficient (Wildman–Crippen LogP) is 5.38. The van der Waals surface area contributed by atoms with Gasteiger partial charge < -0.3 is 4.42 Å².